The first-order valence-corrected chi connectivity index (χ1v) is 7.00. The van der Waals surface area contributed by atoms with Gasteiger partial charge in [-0.25, -0.2) is 0 Å². The van der Waals surface area contributed by atoms with Gasteiger partial charge in [-0.05, 0) is 37.6 Å². The number of hydrogen-bond acceptors (Lipinski definition) is 2. The Bertz CT molecular complexity index is 496. The zero-order valence-electron chi connectivity index (χ0n) is 11.9. The Labute approximate surface area is 122 Å². The fraction of sp³-hybridized carbons (Fsp3) is 0.533. The Hall–Kier alpha value is -1.56. The number of carbonyl (C=O) groups excluding carboxylic acids is 1. The van der Waals surface area contributed by atoms with E-state index in [2.05, 4.69) is 5.32 Å². The van der Waals surface area contributed by atoms with E-state index in [9.17, 15) is 18.0 Å². The van der Waals surface area contributed by atoms with E-state index in [-0.39, 0.29) is 18.4 Å². The average molecular weight is 300 g/mol. The van der Waals surface area contributed by atoms with Crippen LogP contribution in [0.5, 0.6) is 0 Å². The standard InChI is InChI=1S/C15H19F3N2O/c1-20(13-5-7-19-8-6-13)14(21)10-11-3-2-4-12(9-11)15(16,17)18/h2-4,9,13,19H,5-8,10H2,1H3. The molecule has 1 aliphatic rings. The number of benzene rings is 1. The number of halogens is 3. The molecule has 0 saturated carbocycles. The maximum atomic E-state index is 12.7. The molecule has 0 radical (unpaired) electrons. The maximum absolute atomic E-state index is 12.7. The lowest BCUT2D eigenvalue weighted by atomic mass is 10.0. The molecule has 0 unspecified atom stereocenters. The van der Waals surface area contributed by atoms with Gasteiger partial charge in [0.25, 0.3) is 0 Å². The maximum Gasteiger partial charge on any atom is 0.416 e. The zero-order chi connectivity index (χ0) is 15.5. The Kier molecular flexibility index (Phi) is 4.88. The lowest BCUT2D eigenvalue weighted by Gasteiger charge is -2.31. The summed E-state index contributed by atoms with van der Waals surface area (Å²) in [7, 11) is 1.73. The van der Waals surface area contributed by atoms with E-state index in [0.717, 1.165) is 38.1 Å². The second-order valence-electron chi connectivity index (χ2n) is 5.36. The van der Waals surface area contributed by atoms with Gasteiger partial charge in [0.05, 0.1) is 12.0 Å². The summed E-state index contributed by atoms with van der Waals surface area (Å²) in [6.45, 7) is 1.73. The molecule has 116 valence electrons. The summed E-state index contributed by atoms with van der Waals surface area (Å²) in [5.41, 5.74) is -0.312. The van der Waals surface area contributed by atoms with Gasteiger partial charge in [-0.3, -0.25) is 4.79 Å². The van der Waals surface area contributed by atoms with Crippen LogP contribution in [0.2, 0.25) is 0 Å². The van der Waals surface area contributed by atoms with Crippen molar-refractivity contribution in [3.63, 3.8) is 0 Å². The van der Waals surface area contributed by atoms with Crippen LogP contribution in [0.25, 0.3) is 0 Å². The Morgan fingerprint density at radius 2 is 2.00 bits per heavy atom. The molecule has 0 atom stereocenters. The van der Waals surface area contributed by atoms with Crippen molar-refractivity contribution in [1.82, 2.24) is 10.2 Å². The molecule has 1 heterocycles. The van der Waals surface area contributed by atoms with Gasteiger partial charge in [0.1, 0.15) is 0 Å². The molecule has 2 rings (SSSR count). The Morgan fingerprint density at radius 3 is 2.62 bits per heavy atom. The number of piperidine rings is 1. The van der Waals surface area contributed by atoms with E-state index in [0.29, 0.717) is 5.56 Å². The van der Waals surface area contributed by atoms with E-state index in [1.165, 1.54) is 6.07 Å². The molecule has 1 saturated heterocycles. The van der Waals surface area contributed by atoms with E-state index in [1.807, 2.05) is 0 Å². The summed E-state index contributed by atoms with van der Waals surface area (Å²) in [5, 5.41) is 3.22. The minimum Gasteiger partial charge on any atom is -0.342 e. The number of likely N-dealkylation sites (N-methyl/N-ethyl adjacent to an activating group) is 1. The minimum absolute atomic E-state index is 0.00431. The second kappa shape index (κ2) is 6.47. The second-order valence-corrected chi connectivity index (χ2v) is 5.36. The van der Waals surface area contributed by atoms with Gasteiger partial charge in [0.2, 0.25) is 5.91 Å². The molecular formula is C15H19F3N2O. The average Bonchev–Trinajstić information content (AvgIpc) is 2.47. The van der Waals surface area contributed by atoms with Crippen LogP contribution in [0.4, 0.5) is 13.2 Å². The zero-order valence-corrected chi connectivity index (χ0v) is 11.9. The molecule has 1 N–H and O–H groups in total. The van der Waals surface area contributed by atoms with Crippen LogP contribution in [0.1, 0.15) is 24.0 Å². The molecule has 1 amide bonds. The van der Waals surface area contributed by atoms with Gasteiger partial charge < -0.3 is 10.2 Å². The molecule has 1 aromatic carbocycles. The first-order valence-electron chi connectivity index (χ1n) is 7.00. The smallest absolute Gasteiger partial charge is 0.342 e. The summed E-state index contributed by atoms with van der Waals surface area (Å²) >= 11 is 0. The summed E-state index contributed by atoms with van der Waals surface area (Å²) in [4.78, 5) is 13.9. The van der Waals surface area contributed by atoms with E-state index in [1.54, 1.807) is 18.0 Å². The quantitative estimate of drug-likeness (QED) is 0.930. The number of amides is 1. The van der Waals surface area contributed by atoms with E-state index in [4.69, 9.17) is 0 Å². The lowest BCUT2D eigenvalue weighted by Crippen LogP contribution is -2.44. The summed E-state index contributed by atoms with van der Waals surface area (Å²) in [6.07, 6.45) is -2.61. The number of alkyl halides is 3. The van der Waals surface area contributed by atoms with Gasteiger partial charge in [0.15, 0.2) is 0 Å². The van der Waals surface area contributed by atoms with Gasteiger partial charge in [0, 0.05) is 13.1 Å². The summed E-state index contributed by atoms with van der Waals surface area (Å²) < 4.78 is 38.0. The van der Waals surface area contributed by atoms with Gasteiger partial charge in [-0.15, -0.1) is 0 Å². The molecule has 1 aromatic rings. The third kappa shape index (κ3) is 4.20. The van der Waals surface area contributed by atoms with Crippen molar-refractivity contribution in [2.24, 2.45) is 0 Å². The fourth-order valence-electron chi connectivity index (χ4n) is 2.55. The topological polar surface area (TPSA) is 32.3 Å². The minimum atomic E-state index is -4.38. The fourth-order valence-corrected chi connectivity index (χ4v) is 2.55. The van der Waals surface area contributed by atoms with Crippen LogP contribution >= 0.6 is 0 Å². The first-order chi connectivity index (χ1) is 9.88. The van der Waals surface area contributed by atoms with Crippen molar-refractivity contribution in [3.8, 4) is 0 Å². The normalized spacial score (nSPS) is 16.8. The highest BCUT2D eigenvalue weighted by Crippen LogP contribution is 2.29. The highest BCUT2D eigenvalue weighted by Gasteiger charge is 2.30. The number of nitrogens with one attached hydrogen (secondary N) is 1. The van der Waals surface area contributed by atoms with Crippen molar-refractivity contribution in [1.29, 1.82) is 0 Å². The number of hydrogen-bond donors (Lipinski definition) is 1. The van der Waals surface area contributed by atoms with Crippen molar-refractivity contribution in [2.45, 2.75) is 31.5 Å². The molecule has 0 spiro atoms. The van der Waals surface area contributed by atoms with Crippen LogP contribution < -0.4 is 5.32 Å². The first kappa shape index (κ1) is 15.8. The highest BCUT2D eigenvalue weighted by atomic mass is 19.4. The molecule has 0 bridgehead atoms. The van der Waals surface area contributed by atoms with Crippen LogP contribution in [-0.4, -0.2) is 37.0 Å². The van der Waals surface area contributed by atoms with Gasteiger partial charge >= 0.3 is 6.18 Å². The summed E-state index contributed by atoms with van der Waals surface area (Å²) in [6, 6.07) is 5.14. The molecule has 6 heteroatoms. The third-order valence-corrected chi connectivity index (χ3v) is 3.86. The van der Waals surface area contributed by atoms with Crippen LogP contribution in [0.3, 0.4) is 0 Å². The SMILES string of the molecule is CN(C(=O)Cc1cccc(C(F)(F)F)c1)C1CCNCC1. The number of rotatable bonds is 3. The van der Waals surface area contributed by atoms with Gasteiger partial charge in [-0.2, -0.15) is 13.2 Å². The molecule has 0 aromatic heterocycles. The third-order valence-electron chi connectivity index (χ3n) is 3.86. The van der Waals surface area contributed by atoms with Crippen molar-refractivity contribution in [2.75, 3.05) is 20.1 Å². The molecule has 0 aliphatic carbocycles. The van der Waals surface area contributed by atoms with Crippen LogP contribution in [0.15, 0.2) is 24.3 Å². The lowest BCUT2D eigenvalue weighted by molar-refractivity contribution is -0.138. The predicted molar refractivity (Wildman–Crippen MR) is 73.8 cm³/mol. The molecular weight excluding hydrogens is 281 g/mol. The van der Waals surface area contributed by atoms with Crippen molar-refractivity contribution >= 4 is 5.91 Å². The summed E-state index contributed by atoms with van der Waals surface area (Å²) in [5.74, 6) is -0.138. The number of nitrogens with zero attached hydrogens (tertiary/aromatic N) is 1. The monoisotopic (exact) mass is 300 g/mol. The molecule has 1 fully saturated rings. The molecule has 1 aliphatic heterocycles. The highest BCUT2D eigenvalue weighted by molar-refractivity contribution is 5.78. The molecule has 21 heavy (non-hydrogen) atoms. The Balaban J connectivity index is 2.02. The van der Waals surface area contributed by atoms with E-state index >= 15 is 0 Å². The van der Waals surface area contributed by atoms with E-state index < -0.39 is 11.7 Å². The van der Waals surface area contributed by atoms with Gasteiger partial charge in [-0.1, -0.05) is 18.2 Å². The number of carbonyl (C=O) groups is 1. The largest absolute Gasteiger partial charge is 0.416 e. The van der Waals surface area contributed by atoms with Crippen LogP contribution in [0, 0.1) is 0 Å². The molecule has 3 nitrogen and oxygen atoms in total. The van der Waals surface area contributed by atoms with Crippen LogP contribution in [-0.2, 0) is 17.4 Å². The Morgan fingerprint density at radius 1 is 1.33 bits per heavy atom. The van der Waals surface area contributed by atoms with Crippen molar-refractivity contribution in [3.05, 3.63) is 35.4 Å². The van der Waals surface area contributed by atoms with Crippen molar-refractivity contribution < 1.29 is 18.0 Å². The predicted octanol–water partition coefficient (Wildman–Crippen LogP) is 2.46.